The van der Waals surface area contributed by atoms with Crippen molar-refractivity contribution in [2.75, 3.05) is 0 Å². The molecule has 0 amide bonds. The molecule has 0 aliphatic heterocycles. The average molecular weight is 250 g/mol. The van der Waals surface area contributed by atoms with Crippen molar-refractivity contribution in [1.82, 2.24) is 14.8 Å². The van der Waals surface area contributed by atoms with Gasteiger partial charge < -0.3 is 0 Å². The molecular formula is C12H12ClN3O. The number of ketones is 1. The average Bonchev–Trinajstić information content (AvgIpc) is 2.57. The fourth-order valence-electron chi connectivity index (χ4n) is 1.64. The largest absolute Gasteiger partial charge is 0.292 e. The highest BCUT2D eigenvalue weighted by Crippen LogP contribution is 2.20. The maximum Gasteiger partial charge on any atom is 0.187 e. The molecule has 0 unspecified atom stereocenters. The first-order chi connectivity index (χ1) is 8.09. The Bertz CT molecular complexity index is 548. The van der Waals surface area contributed by atoms with Gasteiger partial charge in [-0.15, -0.1) is 0 Å². The molecule has 0 saturated heterocycles. The monoisotopic (exact) mass is 249 g/mol. The molecule has 0 aliphatic rings. The first-order valence-electron chi connectivity index (χ1n) is 5.22. The predicted octanol–water partition coefficient (Wildman–Crippen LogP) is 2.20. The van der Waals surface area contributed by atoms with Gasteiger partial charge in [0.15, 0.2) is 5.78 Å². The van der Waals surface area contributed by atoms with Crippen molar-refractivity contribution in [3.63, 3.8) is 0 Å². The Balaban J connectivity index is 2.25. The Morgan fingerprint density at radius 2 is 2.24 bits per heavy atom. The Labute approximate surface area is 104 Å². The van der Waals surface area contributed by atoms with Crippen molar-refractivity contribution in [3.8, 4) is 0 Å². The molecule has 0 bridgehead atoms. The van der Waals surface area contributed by atoms with Gasteiger partial charge in [-0.2, -0.15) is 5.10 Å². The second-order valence-electron chi connectivity index (χ2n) is 3.78. The quantitative estimate of drug-likeness (QED) is 0.784. The standard InChI is InChI=1S/C12H12ClN3O/c1-8-12(13)10(16(2)15-8)7-11(17)9-5-3-4-6-14-9/h3-6H,7H2,1-2H3. The summed E-state index contributed by atoms with van der Waals surface area (Å²) in [5.74, 6) is -0.0597. The van der Waals surface area contributed by atoms with Gasteiger partial charge in [0.25, 0.3) is 0 Å². The molecule has 0 saturated carbocycles. The number of carbonyl (C=O) groups is 1. The summed E-state index contributed by atoms with van der Waals surface area (Å²) in [5.41, 5.74) is 1.90. The highest BCUT2D eigenvalue weighted by molar-refractivity contribution is 6.32. The van der Waals surface area contributed by atoms with Gasteiger partial charge in [0.05, 0.1) is 22.8 Å². The lowest BCUT2D eigenvalue weighted by Gasteiger charge is -2.01. The summed E-state index contributed by atoms with van der Waals surface area (Å²) in [7, 11) is 1.78. The van der Waals surface area contributed by atoms with E-state index >= 15 is 0 Å². The number of Topliss-reactive ketones (excluding diaryl/α,β-unsaturated/α-hetero) is 1. The van der Waals surface area contributed by atoms with E-state index in [0.29, 0.717) is 10.7 Å². The van der Waals surface area contributed by atoms with E-state index in [9.17, 15) is 4.79 Å². The molecule has 0 fully saturated rings. The van der Waals surface area contributed by atoms with Crippen molar-refractivity contribution in [2.45, 2.75) is 13.3 Å². The number of hydrogen-bond acceptors (Lipinski definition) is 3. The Morgan fingerprint density at radius 3 is 2.76 bits per heavy atom. The van der Waals surface area contributed by atoms with Crippen LogP contribution in [0.25, 0.3) is 0 Å². The minimum absolute atomic E-state index is 0.0597. The van der Waals surface area contributed by atoms with Gasteiger partial charge in [-0.25, -0.2) is 0 Å². The SMILES string of the molecule is Cc1nn(C)c(CC(=O)c2ccccn2)c1Cl. The van der Waals surface area contributed by atoms with Crippen LogP contribution in [0.3, 0.4) is 0 Å². The van der Waals surface area contributed by atoms with Crippen molar-refractivity contribution >= 4 is 17.4 Å². The summed E-state index contributed by atoms with van der Waals surface area (Å²) in [6.07, 6.45) is 1.82. The third-order valence-corrected chi connectivity index (χ3v) is 3.03. The van der Waals surface area contributed by atoms with Gasteiger partial charge >= 0.3 is 0 Å². The molecule has 4 nitrogen and oxygen atoms in total. The highest BCUT2D eigenvalue weighted by Gasteiger charge is 2.16. The number of aryl methyl sites for hydroxylation is 2. The number of carbonyl (C=O) groups excluding carboxylic acids is 1. The molecular weight excluding hydrogens is 238 g/mol. The van der Waals surface area contributed by atoms with Crippen LogP contribution in [0.2, 0.25) is 5.02 Å². The maximum atomic E-state index is 12.0. The summed E-state index contributed by atoms with van der Waals surface area (Å²) in [6, 6.07) is 5.26. The number of halogens is 1. The van der Waals surface area contributed by atoms with Crippen LogP contribution in [-0.2, 0) is 13.5 Å². The van der Waals surface area contributed by atoms with E-state index < -0.39 is 0 Å². The molecule has 2 heterocycles. The lowest BCUT2D eigenvalue weighted by molar-refractivity contribution is 0.0986. The van der Waals surface area contributed by atoms with Crippen molar-refractivity contribution < 1.29 is 4.79 Å². The van der Waals surface area contributed by atoms with Crippen LogP contribution in [0.15, 0.2) is 24.4 Å². The third-order valence-electron chi connectivity index (χ3n) is 2.54. The van der Waals surface area contributed by atoms with Gasteiger partial charge in [0.2, 0.25) is 0 Å². The van der Waals surface area contributed by atoms with E-state index in [-0.39, 0.29) is 12.2 Å². The van der Waals surface area contributed by atoms with Crippen LogP contribution in [0, 0.1) is 6.92 Å². The highest BCUT2D eigenvalue weighted by atomic mass is 35.5. The summed E-state index contributed by atoms with van der Waals surface area (Å²) >= 11 is 6.09. The van der Waals surface area contributed by atoms with Crippen molar-refractivity contribution in [3.05, 3.63) is 46.5 Å². The second-order valence-corrected chi connectivity index (χ2v) is 4.16. The van der Waals surface area contributed by atoms with Crippen LogP contribution >= 0.6 is 11.6 Å². The molecule has 88 valence electrons. The molecule has 2 aromatic heterocycles. The molecule has 0 N–H and O–H groups in total. The summed E-state index contributed by atoms with van der Waals surface area (Å²) in [6.45, 7) is 1.82. The zero-order valence-corrected chi connectivity index (χ0v) is 10.4. The van der Waals surface area contributed by atoms with E-state index in [2.05, 4.69) is 10.1 Å². The molecule has 0 radical (unpaired) electrons. The molecule has 2 rings (SSSR count). The summed E-state index contributed by atoms with van der Waals surface area (Å²) in [5, 5.41) is 4.72. The topological polar surface area (TPSA) is 47.8 Å². The number of nitrogens with zero attached hydrogens (tertiary/aromatic N) is 3. The van der Waals surface area contributed by atoms with Crippen LogP contribution in [-0.4, -0.2) is 20.5 Å². The Morgan fingerprint density at radius 1 is 1.47 bits per heavy atom. The van der Waals surface area contributed by atoms with Crippen molar-refractivity contribution in [1.29, 1.82) is 0 Å². The zero-order valence-electron chi connectivity index (χ0n) is 9.64. The van der Waals surface area contributed by atoms with Gasteiger partial charge in [-0.3, -0.25) is 14.5 Å². The van der Waals surface area contributed by atoms with Gasteiger partial charge in [0, 0.05) is 13.2 Å². The van der Waals surface area contributed by atoms with Crippen LogP contribution in [0.1, 0.15) is 21.9 Å². The molecule has 0 spiro atoms. The maximum absolute atomic E-state index is 12.0. The van der Waals surface area contributed by atoms with E-state index in [4.69, 9.17) is 11.6 Å². The smallest absolute Gasteiger partial charge is 0.187 e. The number of rotatable bonds is 3. The first-order valence-corrected chi connectivity index (χ1v) is 5.59. The molecule has 17 heavy (non-hydrogen) atoms. The van der Waals surface area contributed by atoms with Crippen LogP contribution < -0.4 is 0 Å². The van der Waals surface area contributed by atoms with E-state index in [1.54, 1.807) is 36.1 Å². The zero-order chi connectivity index (χ0) is 12.4. The number of hydrogen-bond donors (Lipinski definition) is 0. The van der Waals surface area contributed by atoms with Crippen LogP contribution in [0.4, 0.5) is 0 Å². The van der Waals surface area contributed by atoms with Gasteiger partial charge in [-0.1, -0.05) is 17.7 Å². The van der Waals surface area contributed by atoms with E-state index in [1.807, 2.05) is 6.92 Å². The normalized spacial score (nSPS) is 10.5. The number of pyridine rings is 1. The first kappa shape index (κ1) is 11.8. The second kappa shape index (κ2) is 4.67. The Kier molecular flexibility index (Phi) is 3.24. The minimum atomic E-state index is -0.0597. The van der Waals surface area contributed by atoms with Gasteiger partial charge in [-0.05, 0) is 19.1 Å². The molecule has 0 atom stereocenters. The fraction of sp³-hybridized carbons (Fsp3) is 0.250. The Hall–Kier alpha value is -1.68. The molecule has 5 heteroatoms. The fourth-order valence-corrected chi connectivity index (χ4v) is 1.87. The summed E-state index contributed by atoms with van der Waals surface area (Å²) < 4.78 is 1.64. The molecule has 2 aromatic rings. The van der Waals surface area contributed by atoms with E-state index in [1.165, 1.54) is 0 Å². The van der Waals surface area contributed by atoms with E-state index in [0.717, 1.165) is 11.4 Å². The molecule has 0 aliphatic carbocycles. The van der Waals surface area contributed by atoms with Gasteiger partial charge in [0.1, 0.15) is 5.69 Å². The lowest BCUT2D eigenvalue weighted by atomic mass is 10.1. The summed E-state index contributed by atoms with van der Waals surface area (Å²) in [4.78, 5) is 16.0. The predicted molar refractivity (Wildman–Crippen MR) is 65.2 cm³/mol. The van der Waals surface area contributed by atoms with Crippen molar-refractivity contribution in [2.24, 2.45) is 7.05 Å². The lowest BCUT2D eigenvalue weighted by Crippen LogP contribution is -2.09. The van der Waals surface area contributed by atoms with Crippen LogP contribution in [0.5, 0.6) is 0 Å². The minimum Gasteiger partial charge on any atom is -0.292 e. The third kappa shape index (κ3) is 2.36. The molecule has 0 aromatic carbocycles. The number of aromatic nitrogens is 3.